The molecule has 3 heterocycles. The second-order valence-electron chi connectivity index (χ2n) is 13.2. The SMILES string of the molecule is CC[C@@H]1NC(=O)[C@@H](C)NC(=O)c2csc(n2)[C@H](C(C)C)NC(=O)CN(C(=O)c2n[nH]nc2C)C[C@H](Cc2ccccc2)NC(=O)[C@H](CCSC)NC1=O. The van der Waals surface area contributed by atoms with Crippen molar-refractivity contribution in [3.8, 4) is 0 Å². The molecule has 0 radical (unpaired) electrons. The van der Waals surface area contributed by atoms with Crippen molar-refractivity contribution < 1.29 is 28.8 Å². The zero-order valence-electron chi connectivity index (χ0n) is 30.7. The lowest BCUT2D eigenvalue weighted by Crippen LogP contribution is -2.58. The van der Waals surface area contributed by atoms with Crippen molar-refractivity contribution in [2.75, 3.05) is 25.1 Å². The molecule has 1 aromatic carbocycles. The molecule has 0 fully saturated rings. The number of nitrogens with zero attached hydrogens (tertiary/aromatic N) is 4. The quantitative estimate of drug-likeness (QED) is 0.194. The van der Waals surface area contributed by atoms with Gasteiger partial charge < -0.3 is 31.5 Å². The van der Waals surface area contributed by atoms with Gasteiger partial charge in [-0.3, -0.25) is 28.8 Å². The summed E-state index contributed by atoms with van der Waals surface area (Å²) in [5, 5.41) is 26.6. The maximum Gasteiger partial charge on any atom is 0.276 e. The molecular formula is C35H48N10O6S2. The fourth-order valence-corrected chi connectivity index (χ4v) is 7.18. The Labute approximate surface area is 316 Å². The summed E-state index contributed by atoms with van der Waals surface area (Å²) in [6.07, 6.45) is 2.68. The van der Waals surface area contributed by atoms with E-state index < -0.39 is 72.2 Å². The van der Waals surface area contributed by atoms with Crippen molar-refractivity contribution >= 4 is 58.5 Å². The molecule has 53 heavy (non-hydrogen) atoms. The molecule has 1 aliphatic heterocycles. The van der Waals surface area contributed by atoms with E-state index in [0.29, 0.717) is 22.9 Å². The van der Waals surface area contributed by atoms with Gasteiger partial charge >= 0.3 is 0 Å². The largest absolute Gasteiger partial charge is 0.349 e. The monoisotopic (exact) mass is 768 g/mol. The molecule has 286 valence electrons. The van der Waals surface area contributed by atoms with Crippen molar-refractivity contribution in [1.82, 2.24) is 51.9 Å². The third-order valence-corrected chi connectivity index (χ3v) is 10.3. The van der Waals surface area contributed by atoms with Crippen LogP contribution in [0, 0.1) is 12.8 Å². The molecule has 4 rings (SSSR count). The van der Waals surface area contributed by atoms with Crippen LogP contribution in [0.25, 0.3) is 0 Å². The average Bonchev–Trinajstić information content (AvgIpc) is 3.79. The van der Waals surface area contributed by atoms with Gasteiger partial charge in [-0.1, -0.05) is 51.1 Å². The Morgan fingerprint density at radius 2 is 1.66 bits per heavy atom. The molecule has 16 nitrogen and oxygen atoms in total. The maximum absolute atomic E-state index is 14.0. The lowest BCUT2D eigenvalue weighted by atomic mass is 10.0. The summed E-state index contributed by atoms with van der Waals surface area (Å²) in [5.41, 5.74) is 1.29. The van der Waals surface area contributed by atoms with Crippen LogP contribution in [-0.2, 0) is 25.6 Å². The molecule has 6 amide bonds. The minimum atomic E-state index is -1.02. The van der Waals surface area contributed by atoms with Crippen LogP contribution in [0.1, 0.15) is 83.8 Å². The highest BCUT2D eigenvalue weighted by Crippen LogP contribution is 2.25. The van der Waals surface area contributed by atoms with E-state index in [0.717, 1.165) is 5.56 Å². The molecule has 6 N–H and O–H groups in total. The average molecular weight is 769 g/mol. The zero-order valence-corrected chi connectivity index (χ0v) is 32.4. The van der Waals surface area contributed by atoms with E-state index in [9.17, 15) is 28.8 Å². The van der Waals surface area contributed by atoms with Gasteiger partial charge in [-0.15, -0.1) is 11.3 Å². The number of aromatic nitrogens is 4. The predicted octanol–water partition coefficient (Wildman–Crippen LogP) is 1.52. The minimum Gasteiger partial charge on any atom is -0.349 e. The van der Waals surface area contributed by atoms with Gasteiger partial charge in [0.1, 0.15) is 28.8 Å². The van der Waals surface area contributed by atoms with E-state index in [4.69, 9.17) is 0 Å². The lowest BCUT2D eigenvalue weighted by Gasteiger charge is -2.30. The van der Waals surface area contributed by atoms with Gasteiger partial charge in [0, 0.05) is 11.9 Å². The molecule has 2 aromatic heterocycles. The number of nitrogens with one attached hydrogen (secondary N) is 6. The van der Waals surface area contributed by atoms with Gasteiger partial charge in [0.25, 0.3) is 11.8 Å². The number of thioether (sulfide) groups is 1. The van der Waals surface area contributed by atoms with Gasteiger partial charge in [0.05, 0.1) is 24.3 Å². The van der Waals surface area contributed by atoms with Crippen LogP contribution in [0.4, 0.5) is 0 Å². The normalized spacial score (nSPS) is 22.6. The standard InChI is InChI=1S/C35H48N10O6S2/c1-7-24-31(48)39-25(13-14-52-6)32(49)37-23(15-22-11-9-8-10-12-22)16-45(35(51)29-20(4)42-44-43-29)17-27(46)41-28(19(2)3)34-40-26(18-53-34)33(50)36-21(5)30(47)38-24/h8-12,18-19,21,23-25,28H,7,13-17H2,1-6H3,(H,36,50)(H,37,49)(H,38,47)(H,39,48)(H,41,46)(H,42,43,44)/t21-,23+,24+,25+,28+/m1/s1. The summed E-state index contributed by atoms with van der Waals surface area (Å²) in [5.74, 6) is -2.95. The summed E-state index contributed by atoms with van der Waals surface area (Å²) in [4.78, 5) is 87.5. The summed E-state index contributed by atoms with van der Waals surface area (Å²) in [6.45, 7) is 8.12. The number of carbonyl (C=O) groups excluding carboxylic acids is 6. The Balaban J connectivity index is 1.76. The molecule has 0 aliphatic carbocycles. The summed E-state index contributed by atoms with van der Waals surface area (Å²) in [7, 11) is 0. The van der Waals surface area contributed by atoms with Crippen LogP contribution in [0.15, 0.2) is 35.7 Å². The fraction of sp³-hybridized carbons (Fsp3) is 0.514. The van der Waals surface area contributed by atoms with Crippen molar-refractivity contribution in [3.63, 3.8) is 0 Å². The van der Waals surface area contributed by atoms with Gasteiger partial charge in [-0.25, -0.2) is 4.98 Å². The van der Waals surface area contributed by atoms with Crippen molar-refractivity contribution in [1.29, 1.82) is 0 Å². The summed E-state index contributed by atoms with van der Waals surface area (Å²) in [6, 6.07) is 5.06. The number of thiazole rings is 1. The number of carbonyl (C=O) groups is 6. The number of aromatic amines is 1. The van der Waals surface area contributed by atoms with Crippen LogP contribution in [0.3, 0.4) is 0 Å². The molecule has 0 spiro atoms. The van der Waals surface area contributed by atoms with E-state index in [1.54, 1.807) is 19.2 Å². The first-order valence-corrected chi connectivity index (χ1v) is 19.7. The topological polar surface area (TPSA) is 220 Å². The van der Waals surface area contributed by atoms with Crippen LogP contribution in [0.5, 0.6) is 0 Å². The maximum atomic E-state index is 14.0. The van der Waals surface area contributed by atoms with Gasteiger partial charge in [-0.2, -0.15) is 27.2 Å². The highest BCUT2D eigenvalue weighted by atomic mass is 32.2. The molecule has 18 heteroatoms. The van der Waals surface area contributed by atoms with Crippen LogP contribution >= 0.6 is 23.1 Å². The predicted molar refractivity (Wildman–Crippen MR) is 201 cm³/mol. The van der Waals surface area contributed by atoms with E-state index in [-0.39, 0.29) is 36.7 Å². The number of aryl methyl sites for hydroxylation is 1. The third-order valence-electron chi connectivity index (χ3n) is 8.69. The van der Waals surface area contributed by atoms with Crippen LogP contribution in [0.2, 0.25) is 0 Å². The minimum absolute atomic E-state index is 0.0242. The number of hydrogen-bond donors (Lipinski definition) is 6. The lowest BCUT2D eigenvalue weighted by molar-refractivity contribution is -0.132. The number of hydrogen-bond acceptors (Lipinski definition) is 11. The first-order chi connectivity index (χ1) is 25.3. The second kappa shape index (κ2) is 19.3. The Morgan fingerprint density at radius 1 is 0.962 bits per heavy atom. The Hall–Kier alpha value is -4.84. The fourth-order valence-electron chi connectivity index (χ4n) is 5.69. The number of fused-ring (bicyclic) bond motifs is 2. The second-order valence-corrected chi connectivity index (χ2v) is 15.1. The Bertz CT molecular complexity index is 1750. The number of amides is 6. The highest BCUT2D eigenvalue weighted by Gasteiger charge is 2.32. The first-order valence-electron chi connectivity index (χ1n) is 17.5. The third kappa shape index (κ3) is 11.3. The first kappa shape index (κ1) is 40.9. The van der Waals surface area contributed by atoms with Gasteiger partial charge in [0.15, 0.2) is 5.69 Å². The molecule has 2 bridgehead atoms. The van der Waals surface area contributed by atoms with E-state index in [2.05, 4.69) is 47.0 Å². The van der Waals surface area contributed by atoms with Crippen molar-refractivity contribution in [3.05, 3.63) is 63.4 Å². The van der Waals surface area contributed by atoms with Crippen molar-refractivity contribution in [2.45, 2.75) is 84.1 Å². The Morgan fingerprint density at radius 3 is 2.30 bits per heavy atom. The van der Waals surface area contributed by atoms with Gasteiger partial charge in [0.2, 0.25) is 23.6 Å². The smallest absolute Gasteiger partial charge is 0.276 e. The number of rotatable bonds is 8. The van der Waals surface area contributed by atoms with E-state index >= 15 is 0 Å². The molecule has 0 unspecified atom stereocenters. The van der Waals surface area contributed by atoms with Crippen LogP contribution in [-0.4, -0.2) is 110 Å². The zero-order chi connectivity index (χ0) is 38.7. The number of benzene rings is 1. The number of H-pyrrole nitrogens is 1. The molecular weight excluding hydrogens is 721 g/mol. The van der Waals surface area contributed by atoms with Gasteiger partial charge in [-0.05, 0) is 56.6 Å². The molecule has 3 aromatic rings. The molecule has 0 saturated heterocycles. The van der Waals surface area contributed by atoms with E-state index in [1.807, 2.05) is 50.4 Å². The molecule has 1 aliphatic rings. The Kier molecular flexibility index (Phi) is 14.9. The van der Waals surface area contributed by atoms with Crippen LogP contribution < -0.4 is 26.6 Å². The highest BCUT2D eigenvalue weighted by molar-refractivity contribution is 7.98. The van der Waals surface area contributed by atoms with Crippen molar-refractivity contribution in [2.24, 2.45) is 5.92 Å². The summed E-state index contributed by atoms with van der Waals surface area (Å²) >= 11 is 2.68. The molecule has 0 saturated carbocycles. The molecule has 5 atom stereocenters. The summed E-state index contributed by atoms with van der Waals surface area (Å²) < 4.78 is 0. The van der Waals surface area contributed by atoms with E-state index in [1.165, 1.54) is 34.9 Å².